The Labute approximate surface area is 114 Å². The first-order chi connectivity index (χ1) is 9.54. The molecule has 0 N–H and O–H groups in total. The van der Waals surface area contributed by atoms with Crippen LogP contribution in [0.2, 0.25) is 0 Å². The number of hydrogen-bond donors (Lipinski definition) is 0. The Kier molecular flexibility index (Phi) is 4.29. The molecule has 108 valence electrons. The predicted octanol–water partition coefficient (Wildman–Crippen LogP) is 0.979. The van der Waals surface area contributed by atoms with Crippen molar-refractivity contribution in [1.29, 1.82) is 0 Å². The van der Waals surface area contributed by atoms with E-state index in [2.05, 4.69) is 4.74 Å². The van der Waals surface area contributed by atoms with Crippen molar-refractivity contribution in [3.63, 3.8) is 0 Å². The quantitative estimate of drug-likeness (QED) is 0.760. The lowest BCUT2D eigenvalue weighted by Gasteiger charge is -2.31. The monoisotopic (exact) mass is 285 g/mol. The molecule has 0 aromatic heterocycles. The molecule has 1 unspecified atom stereocenters. The van der Waals surface area contributed by atoms with E-state index in [4.69, 9.17) is 4.74 Å². The van der Waals surface area contributed by atoms with Crippen molar-refractivity contribution < 1.29 is 27.8 Å². The van der Waals surface area contributed by atoms with Crippen molar-refractivity contribution in [3.8, 4) is 0 Å². The van der Waals surface area contributed by atoms with E-state index < -0.39 is 35.2 Å². The van der Waals surface area contributed by atoms with Crippen LogP contribution in [0.25, 0.3) is 0 Å². The predicted molar refractivity (Wildman–Crippen MR) is 64.0 cm³/mol. The molecule has 1 saturated heterocycles. The van der Waals surface area contributed by atoms with Gasteiger partial charge in [0.1, 0.15) is 17.2 Å². The number of halogens is 2. The molecule has 0 bridgehead atoms. The van der Waals surface area contributed by atoms with Gasteiger partial charge in [-0.1, -0.05) is 6.07 Å². The maximum Gasteiger partial charge on any atom is 0.336 e. The fraction of sp³-hybridized carbons (Fsp3) is 0.385. The molecule has 1 atom stereocenters. The Morgan fingerprint density at radius 3 is 2.60 bits per heavy atom. The van der Waals surface area contributed by atoms with Crippen LogP contribution < -0.4 is 0 Å². The lowest BCUT2D eigenvalue weighted by molar-refractivity contribution is -0.158. The van der Waals surface area contributed by atoms with Gasteiger partial charge in [-0.25, -0.2) is 13.6 Å². The van der Waals surface area contributed by atoms with E-state index in [1.165, 1.54) is 18.1 Å². The fourth-order valence-electron chi connectivity index (χ4n) is 1.97. The highest BCUT2D eigenvalue weighted by Crippen LogP contribution is 2.17. The highest BCUT2D eigenvalue weighted by Gasteiger charge is 2.32. The minimum atomic E-state index is -0.937. The number of morpholine rings is 1. The van der Waals surface area contributed by atoms with Crippen molar-refractivity contribution in [3.05, 3.63) is 35.4 Å². The zero-order chi connectivity index (χ0) is 14.7. The van der Waals surface area contributed by atoms with Gasteiger partial charge in [0.15, 0.2) is 6.10 Å². The molecule has 0 spiro atoms. The molecule has 20 heavy (non-hydrogen) atoms. The highest BCUT2D eigenvalue weighted by atomic mass is 19.1. The van der Waals surface area contributed by atoms with Crippen LogP contribution in [-0.2, 0) is 14.3 Å². The van der Waals surface area contributed by atoms with Gasteiger partial charge >= 0.3 is 5.97 Å². The van der Waals surface area contributed by atoms with Crippen LogP contribution in [0.4, 0.5) is 8.78 Å². The summed E-state index contributed by atoms with van der Waals surface area (Å²) in [7, 11) is 1.20. The Morgan fingerprint density at radius 2 is 2.00 bits per heavy atom. The Balaban J connectivity index is 2.19. The first-order valence-corrected chi connectivity index (χ1v) is 5.97. The van der Waals surface area contributed by atoms with Crippen molar-refractivity contribution in [2.75, 3.05) is 26.8 Å². The Bertz CT molecular complexity index is 515. The molecule has 2 rings (SSSR count). The zero-order valence-electron chi connectivity index (χ0n) is 10.8. The van der Waals surface area contributed by atoms with Crippen LogP contribution in [-0.4, -0.2) is 49.7 Å². The minimum Gasteiger partial charge on any atom is -0.467 e. The normalized spacial score (nSPS) is 18.8. The number of esters is 1. The number of methoxy groups -OCH3 is 1. The maximum atomic E-state index is 13.6. The summed E-state index contributed by atoms with van der Waals surface area (Å²) in [6.07, 6.45) is -0.937. The number of nitrogens with zero attached hydrogens (tertiary/aromatic N) is 1. The molecule has 1 aromatic rings. The van der Waals surface area contributed by atoms with E-state index in [0.29, 0.717) is 0 Å². The maximum absolute atomic E-state index is 13.6. The number of hydrogen-bond acceptors (Lipinski definition) is 4. The average molecular weight is 285 g/mol. The summed E-state index contributed by atoms with van der Waals surface area (Å²) in [5, 5.41) is 0. The second-order valence-corrected chi connectivity index (χ2v) is 4.23. The number of ether oxygens (including phenoxy) is 2. The van der Waals surface area contributed by atoms with E-state index >= 15 is 0 Å². The number of carbonyl (C=O) groups is 2. The van der Waals surface area contributed by atoms with E-state index in [1.54, 1.807) is 0 Å². The second-order valence-electron chi connectivity index (χ2n) is 4.23. The summed E-state index contributed by atoms with van der Waals surface area (Å²) in [6.45, 7) is 0.154. The molecule has 1 aromatic carbocycles. The van der Waals surface area contributed by atoms with Gasteiger partial charge in [-0.2, -0.15) is 0 Å². The summed E-state index contributed by atoms with van der Waals surface area (Å²) < 4.78 is 36.8. The number of amides is 1. The molecule has 5 nitrogen and oxygen atoms in total. The Hall–Kier alpha value is -2.02. The lowest BCUT2D eigenvalue weighted by Crippen LogP contribution is -2.49. The van der Waals surface area contributed by atoms with Gasteiger partial charge in [-0.3, -0.25) is 4.79 Å². The summed E-state index contributed by atoms with van der Waals surface area (Å²) in [4.78, 5) is 24.7. The van der Waals surface area contributed by atoms with Crippen LogP contribution in [0.3, 0.4) is 0 Å². The molecule has 0 aliphatic carbocycles. The zero-order valence-corrected chi connectivity index (χ0v) is 10.8. The second kappa shape index (κ2) is 5.96. The molecule has 1 amide bonds. The molecule has 7 heteroatoms. The highest BCUT2D eigenvalue weighted by molar-refractivity contribution is 5.95. The standard InChI is InChI=1S/C13H13F2NO4/c1-19-13(18)10-7-16(5-6-20-10)12(17)11-8(14)3-2-4-9(11)15/h2-4,10H,5-7H2,1H3. The average Bonchev–Trinajstić information content (AvgIpc) is 2.46. The number of carbonyl (C=O) groups excluding carboxylic acids is 2. The van der Waals surface area contributed by atoms with Crippen LogP contribution >= 0.6 is 0 Å². The minimum absolute atomic E-state index is 0.0979. The molecule has 1 heterocycles. The summed E-state index contributed by atoms with van der Waals surface area (Å²) in [5.41, 5.74) is -0.627. The van der Waals surface area contributed by atoms with Gasteiger partial charge in [0, 0.05) is 6.54 Å². The summed E-state index contributed by atoms with van der Waals surface area (Å²) in [5.74, 6) is -3.30. The smallest absolute Gasteiger partial charge is 0.336 e. The lowest BCUT2D eigenvalue weighted by atomic mass is 10.1. The van der Waals surface area contributed by atoms with Gasteiger partial charge in [-0.15, -0.1) is 0 Å². The fourth-order valence-corrected chi connectivity index (χ4v) is 1.97. The SMILES string of the molecule is COC(=O)C1CN(C(=O)c2c(F)cccc2F)CCO1. The topological polar surface area (TPSA) is 55.8 Å². The molecule has 0 saturated carbocycles. The largest absolute Gasteiger partial charge is 0.467 e. The third kappa shape index (κ3) is 2.77. The van der Waals surface area contributed by atoms with Crippen molar-refractivity contribution in [1.82, 2.24) is 4.90 Å². The van der Waals surface area contributed by atoms with Gasteiger partial charge in [-0.05, 0) is 12.1 Å². The van der Waals surface area contributed by atoms with Crippen LogP contribution in [0, 0.1) is 11.6 Å². The summed E-state index contributed by atoms with van der Waals surface area (Å²) >= 11 is 0. The van der Waals surface area contributed by atoms with Crippen LogP contribution in [0.5, 0.6) is 0 Å². The molecular formula is C13H13F2NO4. The van der Waals surface area contributed by atoms with Crippen LogP contribution in [0.1, 0.15) is 10.4 Å². The third-order valence-corrected chi connectivity index (χ3v) is 2.99. The van der Waals surface area contributed by atoms with E-state index in [1.807, 2.05) is 0 Å². The first-order valence-electron chi connectivity index (χ1n) is 5.97. The molecule has 1 aliphatic rings. The van der Waals surface area contributed by atoms with Crippen molar-refractivity contribution >= 4 is 11.9 Å². The Morgan fingerprint density at radius 1 is 1.35 bits per heavy atom. The molecule has 1 fully saturated rings. The third-order valence-electron chi connectivity index (χ3n) is 2.99. The van der Waals surface area contributed by atoms with E-state index in [9.17, 15) is 18.4 Å². The number of rotatable bonds is 2. The van der Waals surface area contributed by atoms with Gasteiger partial charge < -0.3 is 14.4 Å². The van der Waals surface area contributed by atoms with Gasteiger partial charge in [0.2, 0.25) is 0 Å². The van der Waals surface area contributed by atoms with Gasteiger partial charge in [0.25, 0.3) is 5.91 Å². The molecule has 0 radical (unpaired) electrons. The van der Waals surface area contributed by atoms with Crippen LogP contribution in [0.15, 0.2) is 18.2 Å². The first kappa shape index (κ1) is 14.4. The van der Waals surface area contributed by atoms with E-state index in [0.717, 1.165) is 12.1 Å². The molecular weight excluding hydrogens is 272 g/mol. The van der Waals surface area contributed by atoms with E-state index in [-0.39, 0.29) is 19.7 Å². The summed E-state index contributed by atoms with van der Waals surface area (Å²) in [6, 6.07) is 3.20. The molecule has 1 aliphatic heterocycles. The van der Waals surface area contributed by atoms with Crippen molar-refractivity contribution in [2.45, 2.75) is 6.10 Å². The number of benzene rings is 1. The van der Waals surface area contributed by atoms with Crippen molar-refractivity contribution in [2.24, 2.45) is 0 Å². The van der Waals surface area contributed by atoms with Gasteiger partial charge in [0.05, 0.1) is 20.3 Å².